The average molecular weight is 318 g/mol. The first-order valence-electron chi connectivity index (χ1n) is 7.13. The Bertz CT molecular complexity index is 736. The van der Waals surface area contributed by atoms with E-state index in [4.69, 9.17) is 4.74 Å². The third-order valence-electron chi connectivity index (χ3n) is 3.15. The van der Waals surface area contributed by atoms with E-state index in [1.807, 2.05) is 6.92 Å². The molecule has 116 valence electrons. The van der Waals surface area contributed by atoms with Crippen LogP contribution in [-0.4, -0.2) is 20.1 Å². The molecule has 0 aromatic heterocycles. The molecule has 0 spiro atoms. The van der Waals surface area contributed by atoms with Crippen LogP contribution in [0.3, 0.4) is 0 Å². The third-order valence-corrected chi connectivity index (χ3v) is 4.95. The fourth-order valence-corrected chi connectivity index (χ4v) is 3.41. The first-order chi connectivity index (χ1) is 10.5. The Morgan fingerprint density at radius 1 is 1.05 bits per heavy atom. The summed E-state index contributed by atoms with van der Waals surface area (Å²) in [5.74, 6) is -0.185. The van der Waals surface area contributed by atoms with Crippen molar-refractivity contribution in [2.75, 3.05) is 5.75 Å². The molecule has 0 amide bonds. The van der Waals surface area contributed by atoms with E-state index >= 15 is 0 Å². The highest BCUT2D eigenvalue weighted by Crippen LogP contribution is 2.20. The first-order valence-corrected chi connectivity index (χ1v) is 8.78. The predicted molar refractivity (Wildman–Crippen MR) is 84.8 cm³/mol. The van der Waals surface area contributed by atoms with Gasteiger partial charge in [-0.1, -0.05) is 37.6 Å². The topological polar surface area (TPSA) is 60.4 Å². The number of benzene rings is 2. The molecule has 0 fully saturated rings. The minimum absolute atomic E-state index is 0.0968. The van der Waals surface area contributed by atoms with Gasteiger partial charge in [-0.25, -0.2) is 13.2 Å². The van der Waals surface area contributed by atoms with E-state index < -0.39 is 15.8 Å². The first kappa shape index (κ1) is 16.2. The number of hydrogen-bond acceptors (Lipinski definition) is 4. The second kappa shape index (κ2) is 7.22. The SMILES string of the molecule is CCCCS(=O)(=O)c1cccc(OC(=O)c2ccccc2)c1. The lowest BCUT2D eigenvalue weighted by atomic mass is 10.2. The van der Waals surface area contributed by atoms with Gasteiger partial charge in [0.15, 0.2) is 9.84 Å². The average Bonchev–Trinajstić information content (AvgIpc) is 2.54. The van der Waals surface area contributed by atoms with Crippen LogP contribution in [0.5, 0.6) is 5.75 Å². The molecule has 0 atom stereocenters. The van der Waals surface area contributed by atoms with E-state index in [0.29, 0.717) is 12.0 Å². The van der Waals surface area contributed by atoms with Crippen molar-refractivity contribution in [3.05, 3.63) is 60.2 Å². The third kappa shape index (κ3) is 4.18. The van der Waals surface area contributed by atoms with E-state index in [1.54, 1.807) is 42.5 Å². The smallest absolute Gasteiger partial charge is 0.343 e. The van der Waals surface area contributed by atoms with Crippen molar-refractivity contribution in [2.24, 2.45) is 0 Å². The molecular weight excluding hydrogens is 300 g/mol. The van der Waals surface area contributed by atoms with Crippen molar-refractivity contribution in [1.29, 1.82) is 0 Å². The minimum Gasteiger partial charge on any atom is -0.423 e. The Hall–Kier alpha value is -2.14. The maximum atomic E-state index is 12.2. The van der Waals surface area contributed by atoms with Gasteiger partial charge in [-0.15, -0.1) is 0 Å². The van der Waals surface area contributed by atoms with Crippen molar-refractivity contribution in [3.8, 4) is 5.75 Å². The Morgan fingerprint density at radius 3 is 2.45 bits per heavy atom. The highest BCUT2D eigenvalue weighted by atomic mass is 32.2. The Labute approximate surface area is 130 Å². The molecule has 0 unspecified atom stereocenters. The number of carbonyl (C=O) groups excluding carboxylic acids is 1. The summed E-state index contributed by atoms with van der Waals surface area (Å²) in [7, 11) is -3.34. The van der Waals surface area contributed by atoms with Crippen LogP contribution in [0.2, 0.25) is 0 Å². The number of sulfone groups is 1. The van der Waals surface area contributed by atoms with Gasteiger partial charge in [-0.2, -0.15) is 0 Å². The number of rotatable bonds is 6. The summed E-state index contributed by atoms with van der Waals surface area (Å²) in [5, 5.41) is 0. The van der Waals surface area contributed by atoms with Crippen molar-refractivity contribution < 1.29 is 17.9 Å². The fourth-order valence-electron chi connectivity index (χ4n) is 1.92. The zero-order valence-electron chi connectivity index (χ0n) is 12.4. The molecule has 0 heterocycles. The molecule has 0 radical (unpaired) electrons. The van der Waals surface area contributed by atoms with Gasteiger partial charge in [0.1, 0.15) is 5.75 Å². The molecule has 2 aromatic carbocycles. The Balaban J connectivity index is 2.17. The maximum Gasteiger partial charge on any atom is 0.343 e. The van der Waals surface area contributed by atoms with Gasteiger partial charge in [0, 0.05) is 0 Å². The molecule has 0 aliphatic heterocycles. The summed E-state index contributed by atoms with van der Waals surface area (Å²) in [6, 6.07) is 14.6. The van der Waals surface area contributed by atoms with Crippen LogP contribution < -0.4 is 4.74 Å². The van der Waals surface area contributed by atoms with E-state index in [9.17, 15) is 13.2 Å². The Morgan fingerprint density at radius 2 is 1.77 bits per heavy atom. The standard InChI is InChI=1S/C17H18O4S/c1-2-3-12-22(19,20)16-11-7-10-15(13-16)21-17(18)14-8-5-4-6-9-14/h4-11,13H,2-3,12H2,1H3. The lowest BCUT2D eigenvalue weighted by Gasteiger charge is -2.07. The highest BCUT2D eigenvalue weighted by molar-refractivity contribution is 7.91. The molecule has 4 nitrogen and oxygen atoms in total. The van der Waals surface area contributed by atoms with Crippen molar-refractivity contribution >= 4 is 15.8 Å². The van der Waals surface area contributed by atoms with E-state index in [-0.39, 0.29) is 16.4 Å². The minimum atomic E-state index is -3.34. The largest absolute Gasteiger partial charge is 0.423 e. The van der Waals surface area contributed by atoms with Gasteiger partial charge in [-0.3, -0.25) is 0 Å². The number of ether oxygens (including phenoxy) is 1. The van der Waals surface area contributed by atoms with Gasteiger partial charge in [0.25, 0.3) is 0 Å². The van der Waals surface area contributed by atoms with Crippen molar-refractivity contribution in [2.45, 2.75) is 24.7 Å². The van der Waals surface area contributed by atoms with Crippen LogP contribution in [0.15, 0.2) is 59.5 Å². The van der Waals surface area contributed by atoms with Gasteiger partial charge in [0.2, 0.25) is 0 Å². The summed E-state index contributed by atoms with van der Waals surface area (Å²) in [6.07, 6.45) is 1.41. The number of carbonyl (C=O) groups is 1. The number of hydrogen-bond donors (Lipinski definition) is 0. The van der Waals surface area contributed by atoms with Crippen LogP contribution in [0, 0.1) is 0 Å². The highest BCUT2D eigenvalue weighted by Gasteiger charge is 2.15. The monoisotopic (exact) mass is 318 g/mol. The molecule has 2 rings (SSSR count). The fraction of sp³-hybridized carbons (Fsp3) is 0.235. The maximum absolute atomic E-state index is 12.2. The van der Waals surface area contributed by atoms with Crippen LogP contribution in [0.25, 0.3) is 0 Å². The summed E-state index contributed by atoms with van der Waals surface area (Å²) >= 11 is 0. The molecule has 0 bridgehead atoms. The molecule has 0 aliphatic rings. The zero-order chi connectivity index (χ0) is 16.0. The molecule has 0 saturated carbocycles. The summed E-state index contributed by atoms with van der Waals surface area (Å²) in [5.41, 5.74) is 0.418. The normalized spacial score (nSPS) is 11.1. The Kier molecular flexibility index (Phi) is 5.33. The van der Waals surface area contributed by atoms with Gasteiger partial charge < -0.3 is 4.74 Å². The van der Waals surface area contributed by atoms with E-state index in [0.717, 1.165) is 6.42 Å². The lowest BCUT2D eigenvalue weighted by Crippen LogP contribution is -2.10. The second-order valence-electron chi connectivity index (χ2n) is 4.90. The second-order valence-corrected chi connectivity index (χ2v) is 7.01. The molecule has 0 aliphatic carbocycles. The van der Waals surface area contributed by atoms with Gasteiger partial charge in [-0.05, 0) is 36.8 Å². The summed E-state index contributed by atoms with van der Waals surface area (Å²) < 4.78 is 29.6. The van der Waals surface area contributed by atoms with Crippen LogP contribution in [0.1, 0.15) is 30.1 Å². The quantitative estimate of drug-likeness (QED) is 0.604. The molecule has 22 heavy (non-hydrogen) atoms. The summed E-state index contributed by atoms with van der Waals surface area (Å²) in [4.78, 5) is 12.2. The molecule has 0 N–H and O–H groups in total. The van der Waals surface area contributed by atoms with Crippen molar-refractivity contribution in [1.82, 2.24) is 0 Å². The van der Waals surface area contributed by atoms with Crippen LogP contribution >= 0.6 is 0 Å². The van der Waals surface area contributed by atoms with E-state index in [1.165, 1.54) is 12.1 Å². The van der Waals surface area contributed by atoms with Crippen LogP contribution in [0.4, 0.5) is 0 Å². The zero-order valence-corrected chi connectivity index (χ0v) is 13.2. The molecule has 5 heteroatoms. The van der Waals surface area contributed by atoms with E-state index in [2.05, 4.69) is 0 Å². The van der Waals surface area contributed by atoms with Crippen LogP contribution in [-0.2, 0) is 9.84 Å². The number of unbranched alkanes of at least 4 members (excludes halogenated alkanes) is 1. The molecular formula is C17H18O4S. The lowest BCUT2D eigenvalue weighted by molar-refractivity contribution is 0.0734. The molecule has 0 saturated heterocycles. The van der Waals surface area contributed by atoms with Gasteiger partial charge in [0.05, 0.1) is 16.2 Å². The number of esters is 1. The predicted octanol–water partition coefficient (Wildman–Crippen LogP) is 3.48. The molecule has 2 aromatic rings. The summed E-state index contributed by atoms with van der Waals surface area (Å²) in [6.45, 7) is 1.94. The van der Waals surface area contributed by atoms with Crippen molar-refractivity contribution in [3.63, 3.8) is 0 Å². The van der Waals surface area contributed by atoms with Gasteiger partial charge >= 0.3 is 5.97 Å².